The molecule has 0 radical (unpaired) electrons. The maximum Gasteiger partial charge on any atom is 0.379 e. The van der Waals surface area contributed by atoms with Crippen molar-refractivity contribution in [1.82, 2.24) is 0 Å². The summed E-state index contributed by atoms with van der Waals surface area (Å²) in [5, 5.41) is 10.9. The van der Waals surface area contributed by atoms with Crippen molar-refractivity contribution in [1.29, 1.82) is 5.26 Å². The summed E-state index contributed by atoms with van der Waals surface area (Å²) in [6.07, 6.45) is 4.41. The molecule has 1 atom stereocenters. The van der Waals surface area contributed by atoms with Gasteiger partial charge in [0.25, 0.3) is 0 Å². The first kappa shape index (κ1) is 29.6. The Hall–Kier alpha value is -4.90. The standard InChI is InChI=1S/C35H36N2O6/c1-6-7-8-9-14-40-27-13-10-23(17-29(27)39-5)32-25-12-11-24(18-28(25)43-34(37)26(32)19-36)41-35(38)33-22(4)31-21(3)15-20(2)16-30(31)42-33/h10-13,15-18,32H,6-9,14,37H2,1-5H3. The molecule has 5 rings (SSSR count). The van der Waals surface area contributed by atoms with Crippen LogP contribution in [0.15, 0.2) is 64.4 Å². The van der Waals surface area contributed by atoms with Gasteiger partial charge in [0.05, 0.1) is 19.6 Å². The molecule has 0 aliphatic carbocycles. The number of benzene rings is 3. The lowest BCUT2D eigenvalue weighted by atomic mass is 9.83. The van der Waals surface area contributed by atoms with Crippen LogP contribution in [0, 0.1) is 32.1 Å². The van der Waals surface area contributed by atoms with Gasteiger partial charge in [-0.15, -0.1) is 0 Å². The summed E-state index contributed by atoms with van der Waals surface area (Å²) in [5.74, 6) is 0.837. The van der Waals surface area contributed by atoms with Gasteiger partial charge in [-0.1, -0.05) is 44.4 Å². The highest BCUT2D eigenvalue weighted by molar-refractivity contribution is 5.98. The van der Waals surface area contributed by atoms with Crippen LogP contribution in [0.4, 0.5) is 0 Å². The molecule has 0 saturated heterocycles. The molecular formula is C35H36N2O6. The van der Waals surface area contributed by atoms with Gasteiger partial charge in [-0.05, 0) is 68.1 Å². The second-order valence-corrected chi connectivity index (χ2v) is 10.8. The van der Waals surface area contributed by atoms with Crippen molar-refractivity contribution in [2.24, 2.45) is 5.73 Å². The number of rotatable bonds is 10. The van der Waals surface area contributed by atoms with Crippen molar-refractivity contribution in [2.75, 3.05) is 13.7 Å². The highest BCUT2D eigenvalue weighted by Crippen LogP contribution is 2.45. The van der Waals surface area contributed by atoms with Gasteiger partial charge in [0.1, 0.15) is 28.7 Å². The van der Waals surface area contributed by atoms with Crippen LogP contribution in [-0.4, -0.2) is 19.7 Å². The number of ether oxygens (including phenoxy) is 4. The molecule has 2 N–H and O–H groups in total. The molecule has 1 unspecified atom stereocenters. The minimum absolute atomic E-state index is 0.0160. The Morgan fingerprint density at radius 3 is 2.58 bits per heavy atom. The van der Waals surface area contributed by atoms with Crippen LogP contribution < -0.4 is 24.7 Å². The fraction of sp³-hybridized carbons (Fsp3) is 0.314. The number of furan rings is 1. The molecule has 0 fully saturated rings. The predicted octanol–water partition coefficient (Wildman–Crippen LogP) is 7.76. The SMILES string of the molecule is CCCCCCOc1ccc(C2C(C#N)=C(N)Oc3cc(OC(=O)c4oc5cc(C)cc(C)c5c4C)ccc32)cc1OC. The van der Waals surface area contributed by atoms with Gasteiger partial charge in [0.15, 0.2) is 11.5 Å². The van der Waals surface area contributed by atoms with Crippen molar-refractivity contribution >= 4 is 16.9 Å². The number of allylic oxidation sites excluding steroid dienone is 1. The normalized spacial score (nSPS) is 14.2. The maximum absolute atomic E-state index is 13.2. The van der Waals surface area contributed by atoms with E-state index in [2.05, 4.69) is 19.1 Å². The van der Waals surface area contributed by atoms with Gasteiger partial charge in [0.2, 0.25) is 11.6 Å². The van der Waals surface area contributed by atoms with Crippen molar-refractivity contribution in [3.63, 3.8) is 0 Å². The summed E-state index contributed by atoms with van der Waals surface area (Å²) >= 11 is 0. The van der Waals surface area contributed by atoms with E-state index in [9.17, 15) is 10.1 Å². The first-order chi connectivity index (χ1) is 20.7. The van der Waals surface area contributed by atoms with E-state index in [1.165, 1.54) is 6.42 Å². The molecule has 0 spiro atoms. The monoisotopic (exact) mass is 580 g/mol. The average molecular weight is 581 g/mol. The van der Waals surface area contributed by atoms with Gasteiger partial charge < -0.3 is 29.1 Å². The molecule has 0 saturated carbocycles. The Morgan fingerprint density at radius 2 is 1.84 bits per heavy atom. The number of nitrogens with two attached hydrogens (primary N) is 1. The molecule has 222 valence electrons. The number of nitriles is 1. The fourth-order valence-corrected chi connectivity index (χ4v) is 5.67. The molecule has 0 amide bonds. The molecule has 43 heavy (non-hydrogen) atoms. The Labute approximate surface area is 251 Å². The summed E-state index contributed by atoms with van der Waals surface area (Å²) in [5.41, 5.74) is 11.4. The second-order valence-electron chi connectivity index (χ2n) is 10.8. The molecular weight excluding hydrogens is 544 g/mol. The molecule has 1 aliphatic heterocycles. The van der Waals surface area contributed by atoms with Crippen molar-refractivity contribution in [3.8, 4) is 29.1 Å². The highest BCUT2D eigenvalue weighted by Gasteiger charge is 2.32. The largest absolute Gasteiger partial charge is 0.493 e. The molecule has 1 aromatic heterocycles. The van der Waals surface area contributed by atoms with Gasteiger partial charge in [0, 0.05) is 22.6 Å². The van der Waals surface area contributed by atoms with Gasteiger partial charge in [-0.2, -0.15) is 5.26 Å². The zero-order valence-corrected chi connectivity index (χ0v) is 25.2. The third-order valence-electron chi connectivity index (χ3n) is 7.73. The van der Waals surface area contributed by atoms with Crippen LogP contribution in [-0.2, 0) is 0 Å². The summed E-state index contributed by atoms with van der Waals surface area (Å²) in [7, 11) is 1.59. The van der Waals surface area contributed by atoms with E-state index in [1.54, 1.807) is 25.3 Å². The number of methoxy groups -OCH3 is 1. The molecule has 3 aromatic carbocycles. The molecule has 0 bridgehead atoms. The summed E-state index contributed by atoms with van der Waals surface area (Å²) < 4.78 is 29.1. The summed E-state index contributed by atoms with van der Waals surface area (Å²) in [6.45, 7) is 8.58. The fourth-order valence-electron chi connectivity index (χ4n) is 5.67. The van der Waals surface area contributed by atoms with Crippen LogP contribution in [0.3, 0.4) is 0 Å². The van der Waals surface area contributed by atoms with Gasteiger partial charge >= 0.3 is 5.97 Å². The summed E-state index contributed by atoms with van der Waals surface area (Å²) in [6, 6.07) is 16.8. The highest BCUT2D eigenvalue weighted by atomic mass is 16.5. The number of unbranched alkanes of at least 4 members (excludes halogenated alkanes) is 3. The van der Waals surface area contributed by atoms with Crippen LogP contribution in [0.25, 0.3) is 11.0 Å². The maximum atomic E-state index is 13.2. The Balaban J connectivity index is 1.42. The molecule has 8 nitrogen and oxygen atoms in total. The van der Waals surface area contributed by atoms with E-state index < -0.39 is 11.9 Å². The minimum atomic E-state index is -0.616. The first-order valence-electron chi connectivity index (χ1n) is 14.5. The lowest BCUT2D eigenvalue weighted by Crippen LogP contribution is -2.21. The molecule has 8 heteroatoms. The van der Waals surface area contributed by atoms with E-state index in [-0.39, 0.29) is 23.0 Å². The smallest absolute Gasteiger partial charge is 0.379 e. The van der Waals surface area contributed by atoms with E-state index >= 15 is 0 Å². The number of carbonyl (C=O) groups is 1. The van der Waals surface area contributed by atoms with Crippen molar-refractivity contribution in [3.05, 3.63) is 93.6 Å². The predicted molar refractivity (Wildman–Crippen MR) is 164 cm³/mol. The van der Waals surface area contributed by atoms with Crippen molar-refractivity contribution < 1.29 is 28.2 Å². The lowest BCUT2D eigenvalue weighted by molar-refractivity contribution is 0.0702. The molecule has 2 heterocycles. The number of aryl methyl sites for hydroxylation is 3. The third kappa shape index (κ3) is 5.89. The Kier molecular flexibility index (Phi) is 8.63. The average Bonchev–Trinajstić information content (AvgIpc) is 3.32. The van der Waals surface area contributed by atoms with Crippen LogP contribution in [0.5, 0.6) is 23.0 Å². The zero-order valence-electron chi connectivity index (χ0n) is 25.2. The first-order valence-corrected chi connectivity index (χ1v) is 14.5. The minimum Gasteiger partial charge on any atom is -0.493 e. The summed E-state index contributed by atoms with van der Waals surface area (Å²) in [4.78, 5) is 13.2. The second kappa shape index (κ2) is 12.5. The Bertz CT molecular complexity index is 1760. The van der Waals surface area contributed by atoms with Gasteiger partial charge in [-0.25, -0.2) is 4.79 Å². The van der Waals surface area contributed by atoms with E-state index in [0.29, 0.717) is 35.0 Å². The lowest BCUT2D eigenvalue weighted by Gasteiger charge is -2.27. The quantitative estimate of drug-likeness (QED) is 0.115. The number of carbonyl (C=O) groups excluding carboxylic acids is 1. The van der Waals surface area contributed by atoms with E-state index in [1.807, 2.05) is 45.0 Å². The molecule has 4 aromatic rings. The Morgan fingerprint density at radius 1 is 1.02 bits per heavy atom. The third-order valence-corrected chi connectivity index (χ3v) is 7.73. The van der Waals surface area contributed by atoms with E-state index in [4.69, 9.17) is 29.1 Å². The number of hydrogen-bond donors (Lipinski definition) is 1. The van der Waals surface area contributed by atoms with Crippen LogP contribution >= 0.6 is 0 Å². The number of fused-ring (bicyclic) bond motifs is 2. The van der Waals surface area contributed by atoms with Crippen molar-refractivity contribution in [2.45, 2.75) is 59.3 Å². The van der Waals surface area contributed by atoms with Crippen LogP contribution in [0.2, 0.25) is 0 Å². The topological polar surface area (TPSA) is 117 Å². The molecule has 1 aliphatic rings. The number of hydrogen-bond acceptors (Lipinski definition) is 8. The van der Waals surface area contributed by atoms with Crippen LogP contribution in [0.1, 0.15) is 76.9 Å². The number of nitrogens with zero attached hydrogens (tertiary/aromatic N) is 1. The van der Waals surface area contributed by atoms with Gasteiger partial charge in [-0.3, -0.25) is 0 Å². The van der Waals surface area contributed by atoms with E-state index in [0.717, 1.165) is 46.9 Å². The zero-order chi connectivity index (χ0) is 30.7. The number of esters is 1.